The van der Waals surface area contributed by atoms with Crippen molar-refractivity contribution in [1.82, 2.24) is 47.4 Å². The molecule has 418 valence electrons. The molecule has 26 nitrogen and oxygen atoms in total. The average molecular weight is 1060 g/mol. The molecular weight excluding hydrogens is 977 g/mol. The Hall–Kier alpha value is -7.54. The number of aromatic hydroxyl groups is 1. The van der Waals surface area contributed by atoms with Crippen molar-refractivity contribution in [2.24, 2.45) is 39.8 Å². The fraction of sp³-hybridized carbons (Fsp3) is 0.633. The summed E-state index contributed by atoms with van der Waals surface area (Å²) in [6.45, 7) is 11.1. The predicted octanol–water partition coefficient (Wildman–Crippen LogP) is -2.83. The van der Waals surface area contributed by atoms with Gasteiger partial charge in [-0.25, -0.2) is 0 Å². The summed E-state index contributed by atoms with van der Waals surface area (Å²) < 4.78 is 0. The van der Waals surface area contributed by atoms with Gasteiger partial charge in [0.25, 0.3) is 0 Å². The summed E-state index contributed by atoms with van der Waals surface area (Å²) >= 11 is 0. The standard InChI is InChI=1S/C49H80N14O12/c1-8-13-32(42(69)61-39(26(4)9-2)46(73)59-34(14-11-22-54-49(52)53)48(75)63-23-12-15-36(63)45(72)56-28(6)41(51)68)58-44(71)35(24-30-16-18-31(65)19-17-30)60-47(74)40(27(5)10-3)62-43(70)33(20-21-37(50)66)57-38(67)25-55-29(7)64/h16-19,26-28,32-36,39-40,65H,8-15,20-25H2,1-7H3,(H2,50,66)(H2,51,68)(H,55,64)(H,56,72)(H,57,67)(H,58,71)(H,59,73)(H,60,74)(H,61,69)(H,62,70)(H4,52,53,54)/t26-,27-,28+,32-,33-,34-,35-,36-,39-,40+/m0/s1. The highest BCUT2D eigenvalue weighted by Gasteiger charge is 2.40. The van der Waals surface area contributed by atoms with Crippen molar-refractivity contribution in [3.8, 4) is 5.75 Å². The molecule has 1 aliphatic heterocycles. The molecule has 1 fully saturated rings. The van der Waals surface area contributed by atoms with E-state index in [-0.39, 0.29) is 69.7 Å². The number of likely N-dealkylation sites (tertiary alicyclic amines) is 1. The molecular formula is C49H80N14O12. The van der Waals surface area contributed by atoms with Crippen LogP contribution in [0.3, 0.4) is 0 Å². The van der Waals surface area contributed by atoms with Gasteiger partial charge < -0.3 is 75.5 Å². The van der Waals surface area contributed by atoms with Crippen LogP contribution in [0.25, 0.3) is 0 Å². The number of benzene rings is 1. The Kier molecular flexibility index (Phi) is 27.1. The van der Waals surface area contributed by atoms with Gasteiger partial charge in [0.2, 0.25) is 65.0 Å². The van der Waals surface area contributed by atoms with Crippen LogP contribution in [0.4, 0.5) is 0 Å². The van der Waals surface area contributed by atoms with Gasteiger partial charge in [-0.1, -0.05) is 66.0 Å². The third-order valence-corrected chi connectivity index (χ3v) is 12.8. The normalized spacial score (nSPS) is 16.6. The first kappa shape index (κ1) is 63.6. The van der Waals surface area contributed by atoms with E-state index in [1.165, 1.54) is 43.0 Å². The first-order valence-corrected chi connectivity index (χ1v) is 25.4. The minimum absolute atomic E-state index is 0.0294. The maximum atomic E-state index is 14.4. The third-order valence-electron chi connectivity index (χ3n) is 12.8. The second kappa shape index (κ2) is 31.9. The maximum Gasteiger partial charge on any atom is 0.245 e. The number of primary amides is 2. The zero-order valence-corrected chi connectivity index (χ0v) is 44.1. The fourth-order valence-corrected chi connectivity index (χ4v) is 7.99. The Morgan fingerprint density at radius 1 is 0.680 bits per heavy atom. The second-order valence-corrected chi connectivity index (χ2v) is 18.9. The van der Waals surface area contributed by atoms with Crippen molar-refractivity contribution < 1.29 is 57.8 Å². The molecule has 26 heteroatoms. The number of amides is 11. The minimum Gasteiger partial charge on any atom is -0.508 e. The molecule has 0 unspecified atom stereocenters. The smallest absolute Gasteiger partial charge is 0.245 e. The monoisotopic (exact) mass is 1060 g/mol. The van der Waals surface area contributed by atoms with Gasteiger partial charge in [-0.15, -0.1) is 0 Å². The Labute approximate surface area is 437 Å². The minimum atomic E-state index is -1.41. The molecule has 17 N–H and O–H groups in total. The summed E-state index contributed by atoms with van der Waals surface area (Å²) in [6, 6.07) is -3.99. The molecule has 0 spiro atoms. The van der Waals surface area contributed by atoms with E-state index in [4.69, 9.17) is 22.9 Å². The van der Waals surface area contributed by atoms with E-state index >= 15 is 0 Å². The quantitative estimate of drug-likeness (QED) is 0.0197. The SMILES string of the molecule is CCC[C@H](NC(=O)[C@H](Cc1ccc(O)cc1)NC(=O)[C@H](NC(=O)[C@H](CCC(N)=O)NC(=O)CNC(C)=O)[C@@H](C)CC)C(=O)N[C@H](C(=O)N[C@@H](CCCN=C(N)N)C(=O)N1CCC[C@H]1C(=O)N[C@H](C)C(N)=O)[C@@H](C)CC. The molecule has 75 heavy (non-hydrogen) atoms. The molecule has 0 aromatic heterocycles. The van der Waals surface area contributed by atoms with Gasteiger partial charge in [-0.05, 0) is 75.0 Å². The number of phenolic OH excluding ortho intramolecular Hbond substituents is 1. The van der Waals surface area contributed by atoms with Crippen LogP contribution in [-0.2, 0) is 59.2 Å². The van der Waals surface area contributed by atoms with Crippen molar-refractivity contribution in [3.63, 3.8) is 0 Å². The molecule has 0 saturated carbocycles. The molecule has 0 radical (unpaired) electrons. The topological polar surface area (TPSA) is 424 Å². The number of aliphatic imine (C=N–C) groups is 1. The van der Waals surface area contributed by atoms with Gasteiger partial charge in [0, 0.05) is 32.9 Å². The van der Waals surface area contributed by atoms with E-state index in [1.54, 1.807) is 34.6 Å². The Balaban J connectivity index is 2.48. The van der Waals surface area contributed by atoms with Crippen LogP contribution in [0.5, 0.6) is 5.75 Å². The molecule has 1 aromatic carbocycles. The lowest BCUT2D eigenvalue weighted by Crippen LogP contribution is -2.61. The number of phenols is 1. The molecule has 10 atom stereocenters. The van der Waals surface area contributed by atoms with Crippen LogP contribution < -0.4 is 65.5 Å². The van der Waals surface area contributed by atoms with E-state index < -0.39 is 132 Å². The summed E-state index contributed by atoms with van der Waals surface area (Å²) in [4.78, 5) is 151. The number of guanidine groups is 1. The van der Waals surface area contributed by atoms with Crippen LogP contribution >= 0.6 is 0 Å². The predicted molar refractivity (Wildman–Crippen MR) is 276 cm³/mol. The van der Waals surface area contributed by atoms with E-state index in [0.29, 0.717) is 31.2 Å². The molecule has 11 amide bonds. The highest BCUT2D eigenvalue weighted by molar-refractivity contribution is 5.98. The molecule has 1 aliphatic rings. The lowest BCUT2D eigenvalue weighted by molar-refractivity contribution is -0.142. The molecule has 0 aliphatic carbocycles. The van der Waals surface area contributed by atoms with Crippen LogP contribution in [0, 0.1) is 11.8 Å². The van der Waals surface area contributed by atoms with Gasteiger partial charge in [0.05, 0.1) is 6.54 Å². The first-order valence-electron chi connectivity index (χ1n) is 25.4. The number of carbonyl (C=O) groups excluding carboxylic acids is 11. The molecule has 2 rings (SSSR count). The average Bonchev–Trinajstić information content (AvgIpc) is 3.86. The Bertz CT molecular complexity index is 2190. The third kappa shape index (κ3) is 21.8. The van der Waals surface area contributed by atoms with Gasteiger partial charge in [-0.2, -0.15) is 0 Å². The van der Waals surface area contributed by atoms with Crippen LogP contribution in [0.1, 0.15) is 118 Å². The van der Waals surface area contributed by atoms with E-state index in [2.05, 4.69) is 47.5 Å². The second-order valence-electron chi connectivity index (χ2n) is 18.9. The summed E-state index contributed by atoms with van der Waals surface area (Å²) in [7, 11) is 0. The van der Waals surface area contributed by atoms with Gasteiger partial charge in [0.15, 0.2) is 5.96 Å². The summed E-state index contributed by atoms with van der Waals surface area (Å²) in [5.74, 6) is -9.32. The molecule has 0 bridgehead atoms. The number of hydrogen-bond acceptors (Lipinski definition) is 13. The summed E-state index contributed by atoms with van der Waals surface area (Å²) in [5.41, 5.74) is 22.2. The molecule has 1 saturated heterocycles. The lowest BCUT2D eigenvalue weighted by Gasteiger charge is -2.32. The fourth-order valence-electron chi connectivity index (χ4n) is 7.99. The molecule has 1 aromatic rings. The lowest BCUT2D eigenvalue weighted by atomic mass is 9.96. The van der Waals surface area contributed by atoms with Crippen molar-refractivity contribution in [2.45, 2.75) is 167 Å². The summed E-state index contributed by atoms with van der Waals surface area (Å²) in [5, 5.41) is 30.9. The van der Waals surface area contributed by atoms with Gasteiger partial charge in [-0.3, -0.25) is 57.7 Å². The van der Waals surface area contributed by atoms with E-state index in [1.807, 2.05) is 0 Å². The van der Waals surface area contributed by atoms with Crippen molar-refractivity contribution >= 4 is 70.9 Å². The van der Waals surface area contributed by atoms with E-state index in [0.717, 1.165) is 0 Å². The summed E-state index contributed by atoms with van der Waals surface area (Å²) in [6.07, 6.45) is 1.43. The first-order chi connectivity index (χ1) is 35.3. The highest BCUT2D eigenvalue weighted by Crippen LogP contribution is 2.21. The highest BCUT2D eigenvalue weighted by atomic mass is 16.3. The maximum absolute atomic E-state index is 14.4. The number of nitrogens with one attached hydrogen (secondary N) is 8. The Morgan fingerprint density at radius 3 is 1.72 bits per heavy atom. The Morgan fingerprint density at radius 2 is 1.21 bits per heavy atom. The zero-order chi connectivity index (χ0) is 56.5. The van der Waals surface area contributed by atoms with Crippen molar-refractivity contribution in [3.05, 3.63) is 29.8 Å². The van der Waals surface area contributed by atoms with Gasteiger partial charge >= 0.3 is 0 Å². The van der Waals surface area contributed by atoms with Crippen molar-refractivity contribution in [1.29, 1.82) is 0 Å². The number of hydrogen-bond donors (Lipinski definition) is 13. The number of nitrogens with two attached hydrogens (primary N) is 4. The number of rotatable bonds is 32. The van der Waals surface area contributed by atoms with Gasteiger partial charge in [0.1, 0.15) is 54.1 Å². The van der Waals surface area contributed by atoms with E-state index in [9.17, 15) is 57.8 Å². The van der Waals surface area contributed by atoms with Crippen LogP contribution in [-0.4, -0.2) is 149 Å². The number of nitrogens with zero attached hydrogens (tertiary/aromatic N) is 2. The van der Waals surface area contributed by atoms with Crippen LogP contribution in [0.15, 0.2) is 29.3 Å². The number of carbonyl (C=O) groups is 11. The largest absolute Gasteiger partial charge is 0.508 e. The van der Waals surface area contributed by atoms with Crippen molar-refractivity contribution in [2.75, 3.05) is 19.6 Å². The van der Waals surface area contributed by atoms with Crippen LogP contribution in [0.2, 0.25) is 0 Å². The zero-order valence-electron chi connectivity index (χ0n) is 44.1. The molecule has 1 heterocycles.